The molecule has 0 bridgehead atoms. The number of aromatic nitrogens is 4. The molecule has 0 saturated carbocycles. The summed E-state index contributed by atoms with van der Waals surface area (Å²) in [6.45, 7) is 3.02. The summed E-state index contributed by atoms with van der Waals surface area (Å²) in [5, 5.41) is 11.3. The highest BCUT2D eigenvalue weighted by atomic mass is 19.1. The third-order valence-electron chi connectivity index (χ3n) is 5.80. The summed E-state index contributed by atoms with van der Waals surface area (Å²) in [6.07, 6.45) is 3.40. The second-order valence-electron chi connectivity index (χ2n) is 7.89. The molecule has 34 heavy (non-hydrogen) atoms. The number of hydrogen-bond acceptors (Lipinski definition) is 8. The van der Waals surface area contributed by atoms with E-state index in [0.717, 1.165) is 0 Å². The van der Waals surface area contributed by atoms with Crippen molar-refractivity contribution in [3.63, 3.8) is 0 Å². The van der Waals surface area contributed by atoms with Gasteiger partial charge in [0.2, 0.25) is 5.95 Å². The molecule has 0 radical (unpaired) electrons. The lowest BCUT2D eigenvalue weighted by atomic mass is 10.2. The average Bonchev–Trinajstić information content (AvgIpc) is 2.86. The van der Waals surface area contributed by atoms with Gasteiger partial charge in [-0.15, -0.1) is 0 Å². The third kappa shape index (κ3) is 4.08. The van der Waals surface area contributed by atoms with Gasteiger partial charge in [0.25, 0.3) is 11.2 Å². The van der Waals surface area contributed by atoms with Gasteiger partial charge >= 0.3 is 0 Å². The van der Waals surface area contributed by atoms with Crippen LogP contribution < -0.4 is 10.5 Å². The molecule has 1 aliphatic rings. The minimum absolute atomic E-state index is 0.0553. The van der Waals surface area contributed by atoms with Crippen LogP contribution in [0.5, 0.6) is 0 Å². The third-order valence-corrected chi connectivity index (χ3v) is 5.80. The van der Waals surface area contributed by atoms with Crippen LogP contribution in [0.4, 0.5) is 16.0 Å². The summed E-state index contributed by atoms with van der Waals surface area (Å²) in [5.74, 6) is 0.445. The van der Waals surface area contributed by atoms with Gasteiger partial charge in [0, 0.05) is 50.7 Å². The van der Waals surface area contributed by atoms with E-state index in [1.807, 2.05) is 0 Å². The van der Waals surface area contributed by atoms with E-state index in [2.05, 4.69) is 24.8 Å². The number of nitro benzene ring substituents is 1. The van der Waals surface area contributed by atoms with Gasteiger partial charge < -0.3 is 4.90 Å². The number of rotatable bonds is 5. The molecule has 0 atom stereocenters. The Bertz CT molecular complexity index is 1420. The lowest BCUT2D eigenvalue weighted by molar-refractivity contribution is -0.384. The van der Waals surface area contributed by atoms with Crippen molar-refractivity contribution in [3.8, 4) is 5.69 Å². The molecule has 5 rings (SSSR count). The fraction of sp³-hybridized carbons (Fsp3) is 0.217. The summed E-state index contributed by atoms with van der Waals surface area (Å²) in [6, 6.07) is 11.6. The first-order valence-corrected chi connectivity index (χ1v) is 10.7. The summed E-state index contributed by atoms with van der Waals surface area (Å²) < 4.78 is 15.9. The Balaban J connectivity index is 1.52. The highest BCUT2D eigenvalue weighted by Crippen LogP contribution is 2.21. The molecule has 2 aromatic carbocycles. The molecule has 11 heteroatoms. The Morgan fingerprint density at radius 2 is 1.74 bits per heavy atom. The Labute approximate surface area is 193 Å². The molecule has 2 aromatic heterocycles. The monoisotopic (exact) mass is 461 g/mol. The highest BCUT2D eigenvalue weighted by molar-refractivity contribution is 5.80. The molecule has 1 fully saturated rings. The van der Waals surface area contributed by atoms with Crippen molar-refractivity contribution in [2.75, 3.05) is 31.1 Å². The summed E-state index contributed by atoms with van der Waals surface area (Å²) in [4.78, 5) is 41.5. The number of halogens is 1. The molecule has 3 heterocycles. The fourth-order valence-electron chi connectivity index (χ4n) is 4.08. The van der Waals surface area contributed by atoms with Crippen LogP contribution in [0.3, 0.4) is 0 Å². The highest BCUT2D eigenvalue weighted by Gasteiger charge is 2.23. The van der Waals surface area contributed by atoms with Crippen molar-refractivity contribution in [2.24, 2.45) is 0 Å². The van der Waals surface area contributed by atoms with Crippen LogP contribution >= 0.6 is 0 Å². The molecule has 1 aliphatic heterocycles. The van der Waals surface area contributed by atoms with E-state index >= 15 is 0 Å². The van der Waals surface area contributed by atoms with E-state index in [1.54, 1.807) is 24.5 Å². The average molecular weight is 461 g/mol. The number of piperazine rings is 1. The molecule has 4 aromatic rings. The quantitative estimate of drug-likeness (QED) is 0.329. The van der Waals surface area contributed by atoms with Crippen LogP contribution in [0, 0.1) is 15.9 Å². The molecule has 1 saturated heterocycles. The molecule has 0 aliphatic carbocycles. The zero-order valence-electron chi connectivity index (χ0n) is 18.0. The number of non-ortho nitro benzene ring substituents is 1. The van der Waals surface area contributed by atoms with Gasteiger partial charge in [-0.1, -0.05) is 12.1 Å². The Hall–Kier alpha value is -4.25. The van der Waals surface area contributed by atoms with Gasteiger partial charge in [-0.3, -0.25) is 24.4 Å². The SMILES string of the molecule is O=c1c2cc([N+](=O)[O-])ccc2nc(CN2CCN(c3ncccn3)CC2)n1-c1ccccc1F. The first-order chi connectivity index (χ1) is 16.5. The molecule has 0 amide bonds. The molecule has 172 valence electrons. The van der Waals surface area contributed by atoms with Crippen molar-refractivity contribution < 1.29 is 9.31 Å². The van der Waals surface area contributed by atoms with Gasteiger partial charge in [0.05, 0.1) is 28.1 Å². The number of nitro groups is 1. The second-order valence-corrected chi connectivity index (χ2v) is 7.89. The number of benzene rings is 2. The Kier molecular flexibility index (Phi) is 5.68. The van der Waals surface area contributed by atoms with Crippen LogP contribution in [0.1, 0.15) is 5.82 Å². The van der Waals surface area contributed by atoms with Gasteiger partial charge in [0.1, 0.15) is 11.6 Å². The maximum atomic E-state index is 14.7. The minimum atomic E-state index is -0.580. The first kappa shape index (κ1) is 21.6. The number of nitrogens with zero attached hydrogens (tertiary/aromatic N) is 7. The standard InChI is InChI=1S/C23H20FN7O3/c24-18-4-1-2-5-20(18)30-21(27-19-7-6-16(31(33)34)14-17(19)22(30)32)15-28-10-12-29(13-11-28)23-25-8-3-9-26-23/h1-9,14H,10-13,15H2. The predicted molar refractivity (Wildman–Crippen MR) is 123 cm³/mol. The van der Waals surface area contributed by atoms with Gasteiger partial charge in [-0.2, -0.15) is 0 Å². The second kappa shape index (κ2) is 8.94. The lowest BCUT2D eigenvalue weighted by Gasteiger charge is -2.34. The van der Waals surface area contributed by atoms with E-state index in [-0.39, 0.29) is 16.8 Å². The lowest BCUT2D eigenvalue weighted by Crippen LogP contribution is -2.47. The zero-order chi connectivity index (χ0) is 23.7. The van der Waals surface area contributed by atoms with Crippen molar-refractivity contribution in [1.29, 1.82) is 0 Å². The maximum Gasteiger partial charge on any atom is 0.270 e. The summed E-state index contributed by atoms with van der Waals surface area (Å²) in [7, 11) is 0. The van der Waals surface area contributed by atoms with E-state index in [0.29, 0.717) is 50.0 Å². The van der Waals surface area contributed by atoms with E-state index < -0.39 is 16.3 Å². The smallest absolute Gasteiger partial charge is 0.270 e. The van der Waals surface area contributed by atoms with E-state index in [4.69, 9.17) is 0 Å². The molecule has 0 spiro atoms. The molecule has 0 unspecified atom stereocenters. The number of para-hydroxylation sites is 1. The van der Waals surface area contributed by atoms with Crippen LogP contribution in [-0.2, 0) is 6.54 Å². The minimum Gasteiger partial charge on any atom is -0.338 e. The molecular weight excluding hydrogens is 441 g/mol. The van der Waals surface area contributed by atoms with Crippen molar-refractivity contribution in [3.05, 3.63) is 93.0 Å². The molecule has 10 nitrogen and oxygen atoms in total. The van der Waals surface area contributed by atoms with Crippen molar-refractivity contribution in [2.45, 2.75) is 6.54 Å². The molecular formula is C23H20FN7O3. The van der Waals surface area contributed by atoms with E-state index in [1.165, 1.54) is 41.0 Å². The first-order valence-electron chi connectivity index (χ1n) is 10.7. The van der Waals surface area contributed by atoms with E-state index in [9.17, 15) is 19.3 Å². The molecule has 0 N–H and O–H groups in total. The zero-order valence-corrected chi connectivity index (χ0v) is 18.0. The Morgan fingerprint density at radius 3 is 2.44 bits per heavy atom. The van der Waals surface area contributed by atoms with Gasteiger partial charge in [-0.05, 0) is 24.3 Å². The van der Waals surface area contributed by atoms with Crippen LogP contribution in [0.15, 0.2) is 65.7 Å². The fourth-order valence-corrected chi connectivity index (χ4v) is 4.08. The predicted octanol–water partition coefficient (Wildman–Crippen LogP) is 2.55. The topological polar surface area (TPSA) is 110 Å². The van der Waals surface area contributed by atoms with Crippen LogP contribution in [-0.4, -0.2) is 55.5 Å². The Morgan fingerprint density at radius 1 is 1.00 bits per heavy atom. The van der Waals surface area contributed by atoms with Crippen LogP contribution in [0.2, 0.25) is 0 Å². The van der Waals surface area contributed by atoms with Crippen LogP contribution in [0.25, 0.3) is 16.6 Å². The normalized spacial score (nSPS) is 14.4. The van der Waals surface area contributed by atoms with Gasteiger partial charge in [-0.25, -0.2) is 19.3 Å². The van der Waals surface area contributed by atoms with Crippen molar-refractivity contribution in [1.82, 2.24) is 24.4 Å². The van der Waals surface area contributed by atoms with Gasteiger partial charge in [0.15, 0.2) is 0 Å². The largest absolute Gasteiger partial charge is 0.338 e. The number of hydrogen-bond donors (Lipinski definition) is 0. The maximum absolute atomic E-state index is 14.7. The summed E-state index contributed by atoms with van der Waals surface area (Å²) in [5.41, 5.74) is -0.391. The summed E-state index contributed by atoms with van der Waals surface area (Å²) >= 11 is 0. The number of fused-ring (bicyclic) bond motifs is 1. The number of anilines is 1. The van der Waals surface area contributed by atoms with Crippen molar-refractivity contribution >= 4 is 22.5 Å².